The van der Waals surface area contributed by atoms with Gasteiger partial charge in [0, 0.05) is 22.7 Å². The number of hydrogen-bond acceptors (Lipinski definition) is 3. The molecule has 0 fully saturated rings. The average Bonchev–Trinajstić information content (AvgIpc) is 2.62. The third-order valence-electron chi connectivity index (χ3n) is 4.99. The van der Waals surface area contributed by atoms with Crippen LogP contribution in [0.4, 0.5) is 5.69 Å². The molecule has 1 amide bonds. The monoisotopic (exact) mass is 376 g/mol. The first-order chi connectivity index (χ1) is 13.2. The lowest BCUT2D eigenvalue weighted by atomic mass is 10.0. The third kappa shape index (κ3) is 3.60. The predicted octanol–water partition coefficient (Wildman–Crippen LogP) is 4.33. The van der Waals surface area contributed by atoms with Gasteiger partial charge < -0.3 is 5.32 Å². The van der Waals surface area contributed by atoms with Crippen LogP contribution in [-0.2, 0) is 4.79 Å². The van der Waals surface area contributed by atoms with Gasteiger partial charge in [0.15, 0.2) is 5.78 Å². The van der Waals surface area contributed by atoms with Crippen LogP contribution in [-0.4, -0.2) is 16.3 Å². The van der Waals surface area contributed by atoms with E-state index >= 15 is 0 Å². The molecule has 1 aromatic heterocycles. The number of carbonyl (C=O) groups excluding carboxylic acids is 2. The first-order valence-electron chi connectivity index (χ1n) is 9.24. The quantitative estimate of drug-likeness (QED) is 0.689. The van der Waals surface area contributed by atoms with E-state index in [9.17, 15) is 14.4 Å². The molecule has 1 N–H and O–H groups in total. The number of hydrogen-bond donors (Lipinski definition) is 1. The molecule has 0 saturated heterocycles. The molecule has 3 aromatic rings. The number of aromatic nitrogens is 1. The number of carbonyl (C=O) groups is 2. The first-order valence-corrected chi connectivity index (χ1v) is 9.24. The van der Waals surface area contributed by atoms with Gasteiger partial charge in [-0.2, -0.15) is 0 Å². The molecular weight excluding hydrogens is 352 g/mol. The van der Waals surface area contributed by atoms with Crippen LogP contribution in [0.2, 0.25) is 0 Å². The van der Waals surface area contributed by atoms with Crippen LogP contribution in [0.3, 0.4) is 0 Å². The van der Waals surface area contributed by atoms with Crippen LogP contribution in [0.15, 0.2) is 47.3 Å². The smallest absolute Gasteiger partial charge is 0.252 e. The van der Waals surface area contributed by atoms with E-state index in [2.05, 4.69) is 5.32 Å². The van der Waals surface area contributed by atoms with E-state index in [4.69, 9.17) is 0 Å². The summed E-state index contributed by atoms with van der Waals surface area (Å²) in [5.74, 6) is -0.385. The summed E-state index contributed by atoms with van der Waals surface area (Å²) in [6.45, 7) is 9.06. The van der Waals surface area contributed by atoms with Gasteiger partial charge in [-0.25, -0.2) is 0 Å². The Morgan fingerprint density at radius 3 is 2.39 bits per heavy atom. The van der Waals surface area contributed by atoms with E-state index in [0.29, 0.717) is 11.3 Å². The molecule has 0 aliphatic rings. The highest BCUT2D eigenvalue weighted by Crippen LogP contribution is 2.25. The molecule has 2 aromatic carbocycles. The normalized spacial score (nSPS) is 12.0. The summed E-state index contributed by atoms with van der Waals surface area (Å²) in [5.41, 5.74) is 4.57. The van der Waals surface area contributed by atoms with E-state index in [1.165, 1.54) is 6.92 Å². The fraction of sp³-hybridized carbons (Fsp3) is 0.261. The van der Waals surface area contributed by atoms with Crippen LogP contribution in [0.5, 0.6) is 0 Å². The molecule has 1 heterocycles. The molecule has 28 heavy (non-hydrogen) atoms. The molecule has 0 radical (unpaired) electrons. The highest BCUT2D eigenvalue weighted by molar-refractivity contribution is 5.98. The fourth-order valence-corrected chi connectivity index (χ4v) is 3.59. The van der Waals surface area contributed by atoms with Crippen molar-refractivity contribution in [2.45, 2.75) is 40.7 Å². The van der Waals surface area contributed by atoms with Gasteiger partial charge >= 0.3 is 0 Å². The second-order valence-electron chi connectivity index (χ2n) is 7.32. The molecule has 5 heteroatoms. The van der Waals surface area contributed by atoms with Crippen LogP contribution in [0, 0.1) is 20.8 Å². The van der Waals surface area contributed by atoms with Crippen molar-refractivity contribution in [3.8, 4) is 0 Å². The minimum atomic E-state index is -0.710. The number of benzene rings is 2. The Bertz CT molecular complexity index is 1160. The summed E-state index contributed by atoms with van der Waals surface area (Å²) < 4.78 is 1.54. The zero-order valence-corrected chi connectivity index (χ0v) is 16.8. The second-order valence-corrected chi connectivity index (χ2v) is 7.32. The number of pyridine rings is 1. The Hall–Kier alpha value is -3.21. The second kappa shape index (κ2) is 7.43. The fourth-order valence-electron chi connectivity index (χ4n) is 3.59. The van der Waals surface area contributed by atoms with E-state index in [-0.39, 0.29) is 17.2 Å². The molecule has 0 aliphatic carbocycles. The molecular formula is C23H24N2O3. The van der Waals surface area contributed by atoms with Crippen LogP contribution in [0.1, 0.15) is 46.9 Å². The number of Topliss-reactive ketones (excluding diaryl/α,β-unsaturated/α-hetero) is 1. The molecule has 0 aliphatic heterocycles. The zero-order chi connectivity index (χ0) is 20.6. The number of nitrogens with one attached hydrogen (secondary N) is 1. The van der Waals surface area contributed by atoms with Crippen LogP contribution >= 0.6 is 0 Å². The van der Waals surface area contributed by atoms with Gasteiger partial charge in [0.25, 0.3) is 5.56 Å². The lowest BCUT2D eigenvalue weighted by Crippen LogP contribution is -2.32. The SMILES string of the molecule is CC(=O)c1cccc(NC(=O)C(C)n2c(=O)cc(C)c3cc(C)cc(C)c32)c1. The maximum atomic E-state index is 12.9. The number of aryl methyl sites for hydroxylation is 3. The standard InChI is InChI=1S/C23H24N2O3/c1-13-9-15(3)22-20(10-13)14(2)11-21(27)25(22)16(4)23(28)24-19-8-6-7-18(12-19)17(5)26/h6-12,16H,1-5H3,(H,24,28). The van der Waals surface area contributed by atoms with E-state index in [1.807, 2.05) is 32.9 Å². The van der Waals surface area contributed by atoms with Gasteiger partial charge in [0.2, 0.25) is 5.91 Å². The van der Waals surface area contributed by atoms with Gasteiger partial charge in [0.05, 0.1) is 5.52 Å². The van der Waals surface area contributed by atoms with Crippen molar-refractivity contribution in [1.82, 2.24) is 4.57 Å². The predicted molar refractivity (Wildman–Crippen MR) is 112 cm³/mol. The van der Waals surface area contributed by atoms with Crippen molar-refractivity contribution in [1.29, 1.82) is 0 Å². The summed E-state index contributed by atoms with van der Waals surface area (Å²) in [4.78, 5) is 37.2. The highest BCUT2D eigenvalue weighted by atomic mass is 16.2. The Morgan fingerprint density at radius 2 is 1.71 bits per heavy atom. The van der Waals surface area contributed by atoms with Gasteiger partial charge in [-0.05, 0) is 63.9 Å². The van der Waals surface area contributed by atoms with E-state index < -0.39 is 6.04 Å². The van der Waals surface area contributed by atoms with Crippen molar-refractivity contribution in [2.24, 2.45) is 0 Å². The first kappa shape index (κ1) is 19.5. The van der Waals surface area contributed by atoms with E-state index in [0.717, 1.165) is 27.6 Å². The summed E-state index contributed by atoms with van der Waals surface area (Å²) in [7, 11) is 0. The van der Waals surface area contributed by atoms with Gasteiger partial charge in [0.1, 0.15) is 6.04 Å². The maximum absolute atomic E-state index is 12.9. The molecule has 1 unspecified atom stereocenters. The Kier molecular flexibility index (Phi) is 5.18. The zero-order valence-electron chi connectivity index (χ0n) is 16.8. The molecule has 0 saturated carbocycles. The number of nitrogens with zero attached hydrogens (tertiary/aromatic N) is 1. The Morgan fingerprint density at radius 1 is 1.00 bits per heavy atom. The minimum absolute atomic E-state index is 0.0732. The average molecular weight is 376 g/mol. The van der Waals surface area contributed by atoms with Crippen LogP contribution in [0.25, 0.3) is 10.9 Å². The molecule has 5 nitrogen and oxygen atoms in total. The molecule has 1 atom stereocenters. The maximum Gasteiger partial charge on any atom is 0.252 e. The summed E-state index contributed by atoms with van der Waals surface area (Å²) >= 11 is 0. The highest BCUT2D eigenvalue weighted by Gasteiger charge is 2.21. The lowest BCUT2D eigenvalue weighted by Gasteiger charge is -2.20. The molecule has 0 bridgehead atoms. The third-order valence-corrected chi connectivity index (χ3v) is 4.99. The van der Waals surface area contributed by atoms with Gasteiger partial charge in [-0.15, -0.1) is 0 Å². The topological polar surface area (TPSA) is 68.2 Å². The molecule has 0 spiro atoms. The Balaban J connectivity index is 2.05. The molecule has 144 valence electrons. The number of ketones is 1. The van der Waals surface area contributed by atoms with Crippen LogP contribution < -0.4 is 10.9 Å². The van der Waals surface area contributed by atoms with Crippen molar-refractivity contribution in [2.75, 3.05) is 5.32 Å². The van der Waals surface area contributed by atoms with Crippen molar-refractivity contribution < 1.29 is 9.59 Å². The summed E-state index contributed by atoms with van der Waals surface area (Å²) in [6.07, 6.45) is 0. The minimum Gasteiger partial charge on any atom is -0.324 e. The Labute approximate surface area is 164 Å². The number of amides is 1. The van der Waals surface area contributed by atoms with Crippen molar-refractivity contribution >= 4 is 28.3 Å². The number of fused-ring (bicyclic) bond motifs is 1. The summed E-state index contributed by atoms with van der Waals surface area (Å²) in [5, 5.41) is 3.79. The van der Waals surface area contributed by atoms with Gasteiger partial charge in [-0.1, -0.05) is 23.8 Å². The number of anilines is 1. The van der Waals surface area contributed by atoms with E-state index in [1.54, 1.807) is 41.8 Å². The van der Waals surface area contributed by atoms with Crippen molar-refractivity contribution in [3.63, 3.8) is 0 Å². The van der Waals surface area contributed by atoms with Gasteiger partial charge in [-0.3, -0.25) is 19.0 Å². The number of rotatable bonds is 4. The largest absolute Gasteiger partial charge is 0.324 e. The summed E-state index contributed by atoms with van der Waals surface area (Å²) in [6, 6.07) is 11.7. The van der Waals surface area contributed by atoms with Crippen molar-refractivity contribution in [3.05, 3.63) is 75.1 Å². The molecule has 3 rings (SSSR count). The lowest BCUT2D eigenvalue weighted by molar-refractivity contribution is -0.118.